The lowest BCUT2D eigenvalue weighted by Gasteiger charge is -2.23. The largest absolute Gasteiger partial charge is 0.493 e. The zero-order valence-electron chi connectivity index (χ0n) is 26.3. The van der Waals surface area contributed by atoms with Crippen molar-refractivity contribution in [1.29, 1.82) is 0 Å². The van der Waals surface area contributed by atoms with E-state index in [2.05, 4.69) is 4.99 Å². The van der Waals surface area contributed by atoms with Gasteiger partial charge < -0.3 is 23.7 Å². The summed E-state index contributed by atoms with van der Waals surface area (Å²) < 4.78 is 30.1. The van der Waals surface area contributed by atoms with E-state index >= 15 is 0 Å². The average molecular weight is 803 g/mol. The first-order valence-electron chi connectivity index (χ1n) is 14.5. The van der Waals surface area contributed by atoms with Gasteiger partial charge in [0, 0.05) is 12.3 Å². The number of fused-ring (bicyclic) bond motifs is 1. The number of benzene rings is 3. The number of hydrogen-bond acceptors (Lipinski definition) is 13. The lowest BCUT2D eigenvalue weighted by atomic mass is 9.97. The first kappa shape index (κ1) is 35.0. The van der Waals surface area contributed by atoms with Gasteiger partial charge in [-0.05, 0) is 84.0 Å². The number of non-ortho nitro benzene ring substituents is 1. The van der Waals surface area contributed by atoms with Crippen molar-refractivity contribution in [2.24, 2.45) is 4.99 Å². The second kappa shape index (κ2) is 14.9. The topological polar surface area (TPSA) is 184 Å². The maximum atomic E-state index is 14.0. The van der Waals surface area contributed by atoms with E-state index in [0.717, 1.165) is 29.5 Å². The molecule has 49 heavy (non-hydrogen) atoms. The van der Waals surface area contributed by atoms with Crippen LogP contribution in [0.3, 0.4) is 0 Å². The van der Waals surface area contributed by atoms with Crippen LogP contribution in [0.5, 0.6) is 28.7 Å². The number of aromatic nitrogens is 1. The molecule has 0 fully saturated rings. The normalized spacial score (nSPS) is 13.9. The van der Waals surface area contributed by atoms with E-state index in [1.807, 2.05) is 36.4 Å². The van der Waals surface area contributed by atoms with Gasteiger partial charge in [-0.3, -0.25) is 29.6 Å². The number of rotatable bonds is 12. The number of halogens is 1. The van der Waals surface area contributed by atoms with Crippen LogP contribution in [0.4, 0.5) is 11.4 Å². The monoisotopic (exact) mass is 802 g/mol. The number of methoxy groups -OCH3 is 2. The maximum absolute atomic E-state index is 14.0. The number of nitro benzene ring substituents is 2. The van der Waals surface area contributed by atoms with Crippen molar-refractivity contribution in [1.82, 2.24) is 4.57 Å². The summed E-state index contributed by atoms with van der Waals surface area (Å²) in [5.41, 5.74) is -0.239. The molecule has 17 heteroatoms. The van der Waals surface area contributed by atoms with Crippen LogP contribution in [0.1, 0.15) is 31.0 Å². The molecular weight excluding hydrogens is 775 g/mol. The molecule has 1 aromatic heterocycles. The van der Waals surface area contributed by atoms with Gasteiger partial charge in [0.05, 0.1) is 63.1 Å². The SMILES string of the molecule is CCOc1ccc([C@H]2C(C(=O)OC)=CN=c3s/c(=C/c4cc(I)c(Oc5ccc([N+](=O)[O-])cc5[N+](=O)[O-])c(OC)c4)c(=O)n32)cc1OCC. The summed E-state index contributed by atoms with van der Waals surface area (Å²) in [5.74, 6) is 0.398. The van der Waals surface area contributed by atoms with Gasteiger partial charge in [-0.15, -0.1) is 0 Å². The zero-order chi connectivity index (χ0) is 35.4. The fourth-order valence-corrected chi connectivity index (χ4v) is 6.72. The van der Waals surface area contributed by atoms with Crippen molar-refractivity contribution in [3.05, 3.63) is 115 Å². The quantitative estimate of drug-likeness (QED) is 0.0810. The third-order valence-electron chi connectivity index (χ3n) is 7.12. The molecule has 0 unspecified atom stereocenters. The smallest absolute Gasteiger partial charge is 0.337 e. The Labute approximate surface area is 295 Å². The summed E-state index contributed by atoms with van der Waals surface area (Å²) in [5, 5.41) is 22.8. The summed E-state index contributed by atoms with van der Waals surface area (Å²) >= 11 is 3.06. The Morgan fingerprint density at radius 3 is 2.35 bits per heavy atom. The van der Waals surface area contributed by atoms with Gasteiger partial charge in [-0.2, -0.15) is 0 Å². The highest BCUT2D eigenvalue weighted by molar-refractivity contribution is 14.1. The summed E-state index contributed by atoms with van der Waals surface area (Å²) in [7, 11) is 2.62. The molecule has 0 aliphatic carbocycles. The maximum Gasteiger partial charge on any atom is 0.337 e. The summed E-state index contributed by atoms with van der Waals surface area (Å²) in [4.78, 5) is 53.0. The van der Waals surface area contributed by atoms with Crippen LogP contribution >= 0.6 is 33.9 Å². The van der Waals surface area contributed by atoms with Crippen LogP contribution in [0, 0.1) is 23.8 Å². The lowest BCUT2D eigenvalue weighted by molar-refractivity contribution is -0.394. The summed E-state index contributed by atoms with van der Waals surface area (Å²) in [6, 6.07) is 10.6. The number of carbonyl (C=O) groups excluding carboxylic acids is 1. The Kier molecular flexibility index (Phi) is 10.6. The minimum Gasteiger partial charge on any atom is -0.493 e. The standard InChI is InChI=1S/C32H27IN4O11S/c1-5-46-24-9-7-18(14-25(24)47-6-2)28-20(31(39)45-4)16-34-32-35(28)30(38)27(49-32)13-17-11-21(33)29(26(12-17)44-3)48-23-10-8-19(36(40)41)15-22(23)37(42)43/h7-16,28H,5-6H2,1-4H3/b27-13+/t28-/m0/s1. The number of ether oxygens (including phenoxy) is 5. The molecule has 1 aliphatic rings. The van der Waals surface area contributed by atoms with Crippen LogP contribution in [0.25, 0.3) is 6.08 Å². The summed E-state index contributed by atoms with van der Waals surface area (Å²) in [6.07, 6.45) is 3.01. The Bertz CT molecular complexity index is 2200. The molecule has 1 atom stereocenters. The lowest BCUT2D eigenvalue weighted by Crippen LogP contribution is -2.39. The van der Waals surface area contributed by atoms with E-state index in [1.54, 1.807) is 36.4 Å². The first-order valence-corrected chi connectivity index (χ1v) is 16.4. The van der Waals surface area contributed by atoms with E-state index in [1.165, 1.54) is 25.0 Å². The van der Waals surface area contributed by atoms with E-state index in [9.17, 15) is 29.8 Å². The van der Waals surface area contributed by atoms with Crippen molar-refractivity contribution in [2.45, 2.75) is 19.9 Å². The van der Waals surface area contributed by atoms with Crippen LogP contribution in [-0.4, -0.2) is 47.8 Å². The van der Waals surface area contributed by atoms with E-state index in [0.29, 0.717) is 44.2 Å². The fourth-order valence-electron chi connectivity index (χ4n) is 5.02. The van der Waals surface area contributed by atoms with Gasteiger partial charge in [-0.1, -0.05) is 17.4 Å². The van der Waals surface area contributed by atoms with Crippen molar-refractivity contribution in [2.75, 3.05) is 27.4 Å². The molecule has 5 rings (SSSR count). The van der Waals surface area contributed by atoms with Gasteiger partial charge >= 0.3 is 11.7 Å². The Balaban J connectivity index is 1.59. The molecule has 15 nitrogen and oxygen atoms in total. The van der Waals surface area contributed by atoms with Gasteiger partial charge in [0.1, 0.15) is 0 Å². The number of esters is 1. The number of nitro groups is 2. The molecule has 254 valence electrons. The number of nitrogens with zero attached hydrogens (tertiary/aromatic N) is 4. The minimum atomic E-state index is -0.885. The highest BCUT2D eigenvalue weighted by Gasteiger charge is 2.32. The average Bonchev–Trinajstić information content (AvgIpc) is 3.40. The second-order valence-electron chi connectivity index (χ2n) is 10.1. The molecule has 0 saturated carbocycles. The third-order valence-corrected chi connectivity index (χ3v) is 8.92. The van der Waals surface area contributed by atoms with Crippen LogP contribution in [0.2, 0.25) is 0 Å². The number of carbonyl (C=O) groups is 1. The second-order valence-corrected chi connectivity index (χ2v) is 12.2. The van der Waals surface area contributed by atoms with Crippen molar-refractivity contribution >= 4 is 57.3 Å². The van der Waals surface area contributed by atoms with Crippen LogP contribution in [-0.2, 0) is 9.53 Å². The molecule has 3 aromatic carbocycles. The van der Waals surface area contributed by atoms with Crippen molar-refractivity contribution < 1.29 is 38.3 Å². The van der Waals surface area contributed by atoms with Crippen molar-refractivity contribution in [3.63, 3.8) is 0 Å². The van der Waals surface area contributed by atoms with E-state index in [4.69, 9.17) is 23.7 Å². The van der Waals surface area contributed by atoms with Gasteiger partial charge in [0.25, 0.3) is 11.2 Å². The van der Waals surface area contributed by atoms with Gasteiger partial charge in [0.2, 0.25) is 5.75 Å². The predicted molar refractivity (Wildman–Crippen MR) is 185 cm³/mol. The molecule has 1 aliphatic heterocycles. The number of hydrogen-bond donors (Lipinski definition) is 0. The minimum absolute atomic E-state index is 0.127. The molecule has 4 aromatic rings. The zero-order valence-corrected chi connectivity index (χ0v) is 29.3. The third kappa shape index (κ3) is 7.12. The van der Waals surface area contributed by atoms with Crippen LogP contribution in [0.15, 0.2) is 70.1 Å². The predicted octanol–water partition coefficient (Wildman–Crippen LogP) is 5.04. The Hall–Kier alpha value is -5.30. The van der Waals surface area contributed by atoms with E-state index in [-0.39, 0.29) is 27.4 Å². The molecule has 0 spiro atoms. The van der Waals surface area contributed by atoms with Gasteiger partial charge in [0.15, 0.2) is 27.8 Å². The fraction of sp³-hybridized carbons (Fsp3) is 0.219. The molecule has 0 amide bonds. The molecule has 2 heterocycles. The molecule has 0 bridgehead atoms. The Morgan fingerprint density at radius 1 is 0.980 bits per heavy atom. The molecular formula is C32H27IN4O11S. The highest BCUT2D eigenvalue weighted by atomic mass is 127. The summed E-state index contributed by atoms with van der Waals surface area (Å²) in [6.45, 7) is 4.46. The molecule has 0 radical (unpaired) electrons. The van der Waals surface area contributed by atoms with E-state index < -0.39 is 38.8 Å². The molecule has 0 N–H and O–H groups in total. The van der Waals surface area contributed by atoms with Crippen LogP contribution < -0.4 is 33.8 Å². The Morgan fingerprint density at radius 2 is 1.69 bits per heavy atom. The molecule has 0 saturated heterocycles. The van der Waals surface area contributed by atoms with Gasteiger partial charge in [-0.25, -0.2) is 9.79 Å². The first-order chi connectivity index (χ1) is 23.5. The van der Waals surface area contributed by atoms with Crippen molar-refractivity contribution in [3.8, 4) is 28.7 Å². The number of thiazole rings is 1. The highest BCUT2D eigenvalue weighted by Crippen LogP contribution is 2.41.